The molecule has 3 unspecified atom stereocenters. The number of allylic oxidation sites excluding steroid dienone is 2. The van der Waals surface area contributed by atoms with E-state index in [9.17, 15) is 19.8 Å². The van der Waals surface area contributed by atoms with Gasteiger partial charge >= 0.3 is 5.97 Å². The van der Waals surface area contributed by atoms with Gasteiger partial charge in [0.1, 0.15) is 6.10 Å². The molecule has 0 aliphatic heterocycles. The van der Waals surface area contributed by atoms with Crippen molar-refractivity contribution in [3.8, 4) is 0 Å². The molecule has 0 bridgehead atoms. The van der Waals surface area contributed by atoms with E-state index in [0.717, 1.165) is 64.2 Å². The summed E-state index contributed by atoms with van der Waals surface area (Å²) in [7, 11) is 0. The summed E-state index contributed by atoms with van der Waals surface area (Å²) in [5.41, 5.74) is 0. The molecule has 3 atom stereocenters. The van der Waals surface area contributed by atoms with Crippen LogP contribution in [0.4, 0.5) is 0 Å². The first-order chi connectivity index (χ1) is 28.0. The van der Waals surface area contributed by atoms with Gasteiger partial charge in [0.05, 0.1) is 25.2 Å². The van der Waals surface area contributed by atoms with Crippen LogP contribution >= 0.6 is 0 Å². The summed E-state index contributed by atoms with van der Waals surface area (Å²) >= 11 is 0. The van der Waals surface area contributed by atoms with Crippen molar-refractivity contribution in [3.63, 3.8) is 0 Å². The normalized spacial score (nSPS) is 13.3. The molecule has 0 aromatic heterocycles. The third kappa shape index (κ3) is 41.1. The topological polar surface area (TPSA) is 95.9 Å². The number of amides is 1. The number of unbranched alkanes of at least 4 members (excludes halogenated alkanes) is 32. The minimum Gasteiger partial charge on any atom is -0.462 e. The Bertz CT molecular complexity index is 863. The Labute approximate surface area is 355 Å². The highest BCUT2D eigenvalue weighted by atomic mass is 16.5. The molecule has 0 aromatic carbocycles. The number of esters is 1. The van der Waals surface area contributed by atoms with Gasteiger partial charge in [-0.25, -0.2) is 0 Å². The van der Waals surface area contributed by atoms with Crippen molar-refractivity contribution in [2.45, 2.75) is 296 Å². The van der Waals surface area contributed by atoms with Crippen LogP contribution in [0, 0.1) is 0 Å². The Hall–Kier alpha value is -1.40. The quantitative estimate of drug-likeness (QED) is 0.0323. The van der Waals surface area contributed by atoms with Crippen molar-refractivity contribution in [2.75, 3.05) is 6.61 Å². The van der Waals surface area contributed by atoms with Crippen LogP contribution in [0.1, 0.15) is 278 Å². The van der Waals surface area contributed by atoms with Gasteiger partial charge in [0, 0.05) is 6.42 Å². The molecule has 0 aromatic rings. The minimum absolute atomic E-state index is 0.0732. The number of ether oxygens (including phenoxy) is 1. The van der Waals surface area contributed by atoms with Crippen LogP contribution in [0.3, 0.4) is 0 Å². The molecule has 0 spiro atoms. The number of aliphatic hydroxyl groups excluding tert-OH is 2. The predicted octanol–water partition coefficient (Wildman–Crippen LogP) is 15.0. The molecule has 6 nitrogen and oxygen atoms in total. The second-order valence-electron chi connectivity index (χ2n) is 17.6. The first kappa shape index (κ1) is 55.6. The molecule has 0 radical (unpaired) electrons. The number of nitrogens with one attached hydrogen (secondary N) is 1. The molecule has 1 amide bonds. The highest BCUT2D eigenvalue weighted by molar-refractivity contribution is 5.77. The number of hydrogen-bond acceptors (Lipinski definition) is 5. The van der Waals surface area contributed by atoms with Crippen molar-refractivity contribution in [3.05, 3.63) is 12.2 Å². The van der Waals surface area contributed by atoms with E-state index in [1.165, 1.54) is 167 Å². The highest BCUT2D eigenvalue weighted by Gasteiger charge is 2.24. The Morgan fingerprint density at radius 3 is 1.28 bits per heavy atom. The molecule has 6 heteroatoms. The van der Waals surface area contributed by atoms with E-state index < -0.39 is 18.2 Å². The maximum Gasteiger partial charge on any atom is 0.306 e. The molecular formula is C51H99NO5. The molecule has 0 fully saturated rings. The molecule has 338 valence electrons. The zero-order chi connectivity index (χ0) is 41.7. The van der Waals surface area contributed by atoms with Crippen LogP contribution in [-0.4, -0.2) is 46.9 Å². The molecule has 0 saturated carbocycles. The van der Waals surface area contributed by atoms with Crippen LogP contribution in [0.5, 0.6) is 0 Å². The Morgan fingerprint density at radius 1 is 0.491 bits per heavy atom. The van der Waals surface area contributed by atoms with Gasteiger partial charge in [0.2, 0.25) is 5.91 Å². The van der Waals surface area contributed by atoms with Gasteiger partial charge in [0.25, 0.3) is 0 Å². The molecule has 0 saturated heterocycles. The van der Waals surface area contributed by atoms with E-state index in [1.54, 1.807) is 0 Å². The van der Waals surface area contributed by atoms with E-state index in [4.69, 9.17) is 4.74 Å². The maximum atomic E-state index is 13.1. The van der Waals surface area contributed by atoms with E-state index in [2.05, 4.69) is 38.2 Å². The third-order valence-corrected chi connectivity index (χ3v) is 11.8. The summed E-state index contributed by atoms with van der Waals surface area (Å²) in [6.45, 7) is 6.46. The zero-order valence-corrected chi connectivity index (χ0v) is 38.5. The van der Waals surface area contributed by atoms with Crippen molar-refractivity contribution in [1.82, 2.24) is 5.32 Å². The van der Waals surface area contributed by atoms with Crippen molar-refractivity contribution >= 4 is 11.9 Å². The largest absolute Gasteiger partial charge is 0.462 e. The van der Waals surface area contributed by atoms with Gasteiger partial charge in [-0.3, -0.25) is 9.59 Å². The lowest BCUT2D eigenvalue weighted by Gasteiger charge is -2.24. The number of rotatable bonds is 46. The monoisotopic (exact) mass is 806 g/mol. The summed E-state index contributed by atoms with van der Waals surface area (Å²) in [6.07, 6.45) is 49.9. The summed E-state index contributed by atoms with van der Waals surface area (Å²) in [5, 5.41) is 23.7. The van der Waals surface area contributed by atoms with Gasteiger partial charge in [-0.1, -0.05) is 226 Å². The van der Waals surface area contributed by atoms with E-state index >= 15 is 0 Å². The smallest absolute Gasteiger partial charge is 0.306 e. The SMILES string of the molecule is CCCCC/C=C\CCCCCC(CC(=O)NC(CO)C(O)CCCCCCCCCCCCC)OC(=O)CCCCCCCCCCCCCCCCCCC. The second-order valence-corrected chi connectivity index (χ2v) is 17.6. The van der Waals surface area contributed by atoms with Crippen molar-refractivity contribution in [1.29, 1.82) is 0 Å². The molecule has 0 aliphatic carbocycles. The minimum atomic E-state index is -0.784. The molecule has 0 rings (SSSR count). The number of carbonyl (C=O) groups is 2. The van der Waals surface area contributed by atoms with Crippen molar-refractivity contribution in [2.24, 2.45) is 0 Å². The van der Waals surface area contributed by atoms with Gasteiger partial charge < -0.3 is 20.3 Å². The summed E-state index contributed by atoms with van der Waals surface area (Å²) in [6, 6.07) is -0.698. The summed E-state index contributed by atoms with van der Waals surface area (Å²) < 4.78 is 5.91. The van der Waals surface area contributed by atoms with Crippen molar-refractivity contribution < 1.29 is 24.5 Å². The van der Waals surface area contributed by atoms with E-state index in [0.29, 0.717) is 19.3 Å². The highest BCUT2D eigenvalue weighted by Crippen LogP contribution is 2.18. The Morgan fingerprint density at radius 2 is 0.842 bits per heavy atom. The first-order valence-corrected chi connectivity index (χ1v) is 25.4. The predicted molar refractivity (Wildman–Crippen MR) is 246 cm³/mol. The lowest BCUT2D eigenvalue weighted by atomic mass is 10.0. The fourth-order valence-corrected chi connectivity index (χ4v) is 7.96. The maximum absolute atomic E-state index is 13.1. The fourth-order valence-electron chi connectivity index (χ4n) is 7.96. The van der Waals surface area contributed by atoms with Gasteiger partial charge in [-0.2, -0.15) is 0 Å². The lowest BCUT2D eigenvalue weighted by molar-refractivity contribution is -0.151. The molecule has 3 N–H and O–H groups in total. The summed E-state index contributed by atoms with van der Waals surface area (Å²) in [5.74, 6) is -0.475. The van der Waals surface area contributed by atoms with Crippen LogP contribution in [-0.2, 0) is 14.3 Å². The molecule has 0 aliphatic rings. The average Bonchev–Trinajstić information content (AvgIpc) is 3.20. The van der Waals surface area contributed by atoms with Gasteiger partial charge in [0.15, 0.2) is 0 Å². The molecule has 0 heterocycles. The number of carbonyl (C=O) groups excluding carboxylic acids is 2. The van der Waals surface area contributed by atoms with Crippen LogP contribution in [0.15, 0.2) is 12.2 Å². The lowest BCUT2D eigenvalue weighted by Crippen LogP contribution is -2.46. The average molecular weight is 806 g/mol. The van der Waals surface area contributed by atoms with Crippen LogP contribution in [0.2, 0.25) is 0 Å². The van der Waals surface area contributed by atoms with Gasteiger partial charge in [-0.15, -0.1) is 0 Å². The zero-order valence-electron chi connectivity index (χ0n) is 38.5. The van der Waals surface area contributed by atoms with Gasteiger partial charge in [-0.05, 0) is 51.4 Å². The molecule has 57 heavy (non-hydrogen) atoms. The van der Waals surface area contributed by atoms with Crippen LogP contribution in [0.25, 0.3) is 0 Å². The third-order valence-electron chi connectivity index (χ3n) is 11.8. The first-order valence-electron chi connectivity index (χ1n) is 25.4. The van der Waals surface area contributed by atoms with E-state index in [1.807, 2.05) is 0 Å². The Kier molecular flexibility index (Phi) is 44.6. The fraction of sp³-hybridized carbons (Fsp3) is 0.922. The second kappa shape index (κ2) is 45.7. The standard InChI is InChI=1S/C51H99NO5/c1-4-7-10-13-16-19-22-23-24-25-26-27-29-32-35-38-41-44-51(56)57-47(42-39-36-33-30-21-18-15-12-9-6-3)45-50(55)52-48(46-53)49(54)43-40-37-34-31-28-20-17-14-11-8-5-2/h18,21,47-49,53-54H,4-17,19-20,22-46H2,1-3H3,(H,52,55)/b21-18-. The van der Waals surface area contributed by atoms with E-state index in [-0.39, 0.29) is 24.9 Å². The number of aliphatic hydroxyl groups is 2. The van der Waals surface area contributed by atoms with Crippen LogP contribution < -0.4 is 5.32 Å². The summed E-state index contributed by atoms with van der Waals surface area (Å²) in [4.78, 5) is 26.0. The molecular weight excluding hydrogens is 707 g/mol. The Balaban J connectivity index is 4.45. The number of hydrogen-bond donors (Lipinski definition) is 3.